The molecule has 0 heterocycles. The number of nitrogens with zero attached hydrogens (tertiary/aromatic N) is 2. The highest BCUT2D eigenvalue weighted by Crippen LogP contribution is 2.67. The molecule has 1 rings (SSSR count). The van der Waals surface area contributed by atoms with E-state index in [1.807, 2.05) is 0 Å². The van der Waals surface area contributed by atoms with E-state index in [9.17, 15) is 103 Å². The lowest BCUT2D eigenvalue weighted by Gasteiger charge is -2.44. The topological polar surface area (TPSA) is 114 Å². The molecule has 294 valence electrons. The Kier molecular flexibility index (Phi) is 11.8. The third-order valence-electron chi connectivity index (χ3n) is 6.43. The molecule has 29 heteroatoms. The average Bonchev–Trinajstić information content (AvgIpc) is 2.97. The van der Waals surface area contributed by atoms with Crippen LogP contribution in [0.3, 0.4) is 0 Å². The standard InChI is InChI=1S/C23H10F21N3O5/c1-7-11(13(51)47-6-52-8(2)50)9(3-10(45-4-48)12(7)46-5-49)14(24,25)15(26,27)16(28,29)17(30,31)18(32,33)19(34,35)20(36,37)21(38,39)22(40,41)23(42,43)44/h3H,6H2,1-2H3,(H,47,51). The second-order valence-electron chi connectivity index (χ2n) is 9.65. The minimum Gasteiger partial charge on any atom is -0.445 e. The van der Waals surface area contributed by atoms with Gasteiger partial charge in [-0.05, 0) is 18.6 Å². The van der Waals surface area contributed by atoms with Crippen molar-refractivity contribution in [2.75, 3.05) is 6.73 Å². The fourth-order valence-electron chi connectivity index (χ4n) is 3.67. The van der Waals surface area contributed by atoms with Gasteiger partial charge >= 0.3 is 65.4 Å². The first-order chi connectivity index (χ1) is 22.9. The number of ether oxygens (including phenoxy) is 1. The van der Waals surface area contributed by atoms with E-state index in [0.717, 1.165) is 0 Å². The van der Waals surface area contributed by atoms with Gasteiger partial charge in [0.2, 0.25) is 12.2 Å². The molecule has 0 atom stereocenters. The molecular weight excluding hydrogens is 797 g/mol. The lowest BCUT2D eigenvalue weighted by Crippen LogP contribution is -2.76. The molecule has 0 aliphatic carbocycles. The highest BCUT2D eigenvalue weighted by molar-refractivity contribution is 6.00. The number of aliphatic imine (C=N–C) groups is 2. The molecule has 1 aromatic rings. The Balaban J connectivity index is 4.24. The van der Waals surface area contributed by atoms with Crippen LogP contribution in [-0.2, 0) is 25.0 Å². The molecule has 0 aliphatic rings. The normalized spacial score (nSPS) is 14.3. The molecule has 0 aliphatic heterocycles. The number of hydrogen-bond acceptors (Lipinski definition) is 7. The summed E-state index contributed by atoms with van der Waals surface area (Å²) in [5.41, 5.74) is -10.1. The van der Waals surface area contributed by atoms with Crippen LogP contribution in [0.5, 0.6) is 0 Å². The minimum atomic E-state index is -9.42. The number of hydrogen-bond donors (Lipinski definition) is 1. The first kappa shape index (κ1) is 45.5. The molecule has 52 heavy (non-hydrogen) atoms. The van der Waals surface area contributed by atoms with Crippen molar-refractivity contribution in [1.82, 2.24) is 5.32 Å². The van der Waals surface area contributed by atoms with Gasteiger partial charge in [-0.2, -0.15) is 102 Å². The van der Waals surface area contributed by atoms with Crippen LogP contribution in [0.25, 0.3) is 0 Å². The highest BCUT2D eigenvalue weighted by atomic mass is 19.4. The Hall–Kier alpha value is -4.55. The van der Waals surface area contributed by atoms with E-state index >= 15 is 8.78 Å². The van der Waals surface area contributed by atoms with E-state index in [4.69, 9.17) is 0 Å². The first-order valence-electron chi connectivity index (χ1n) is 12.1. The highest BCUT2D eigenvalue weighted by Gasteiger charge is 2.98. The number of isocyanates is 2. The Morgan fingerprint density at radius 1 is 0.635 bits per heavy atom. The van der Waals surface area contributed by atoms with Gasteiger partial charge in [0, 0.05) is 12.5 Å². The lowest BCUT2D eigenvalue weighted by molar-refractivity contribution is -0.474. The largest absolute Gasteiger partial charge is 0.460 e. The third kappa shape index (κ3) is 6.40. The number of halogens is 21. The third-order valence-corrected chi connectivity index (χ3v) is 6.43. The van der Waals surface area contributed by atoms with Crippen molar-refractivity contribution < 1.29 is 116 Å². The molecule has 8 nitrogen and oxygen atoms in total. The lowest BCUT2D eigenvalue weighted by atomic mass is 9.83. The van der Waals surface area contributed by atoms with E-state index in [1.165, 1.54) is 5.32 Å². The summed E-state index contributed by atoms with van der Waals surface area (Å²) in [4.78, 5) is 50.1. The predicted octanol–water partition coefficient (Wildman–Crippen LogP) is 7.92. The number of carbonyl (C=O) groups excluding carboxylic acids is 4. The van der Waals surface area contributed by atoms with Gasteiger partial charge in [-0.15, -0.1) is 0 Å². The maximum atomic E-state index is 15.3. The molecule has 1 N–H and O–H groups in total. The molecule has 0 aromatic heterocycles. The van der Waals surface area contributed by atoms with Gasteiger partial charge < -0.3 is 10.1 Å². The number of benzene rings is 1. The van der Waals surface area contributed by atoms with E-state index in [2.05, 4.69) is 14.7 Å². The van der Waals surface area contributed by atoms with Gasteiger partial charge in [0.1, 0.15) is 11.4 Å². The summed E-state index contributed by atoms with van der Waals surface area (Å²) in [6.07, 6.45) is -7.08. The first-order valence-corrected chi connectivity index (χ1v) is 12.1. The summed E-state index contributed by atoms with van der Waals surface area (Å²) < 4.78 is 296. The molecule has 0 saturated carbocycles. The minimum absolute atomic E-state index is 0.235. The molecule has 0 fully saturated rings. The van der Waals surface area contributed by atoms with E-state index in [1.54, 1.807) is 0 Å². The summed E-state index contributed by atoms with van der Waals surface area (Å²) in [6, 6.07) is -0.891. The zero-order valence-electron chi connectivity index (χ0n) is 24.2. The Labute approximate surface area is 270 Å². The molecule has 1 amide bonds. The SMILES string of the molecule is CC(=O)OCNC(=O)c1c(C(F)(F)C(F)(F)C(F)(F)C(F)(F)C(F)(F)C(F)(F)C(F)(F)C(F)(F)C(F)(F)C(F)(F)F)cc(N=C=O)c(N=C=O)c1C. The maximum absolute atomic E-state index is 15.3. The van der Waals surface area contributed by atoms with E-state index in [0.29, 0.717) is 19.1 Å². The fourth-order valence-corrected chi connectivity index (χ4v) is 3.67. The van der Waals surface area contributed by atoms with Crippen molar-refractivity contribution in [3.05, 3.63) is 22.8 Å². The van der Waals surface area contributed by atoms with Crippen LogP contribution in [0.1, 0.15) is 28.4 Å². The number of alkyl halides is 21. The van der Waals surface area contributed by atoms with Gasteiger partial charge in [-0.1, -0.05) is 0 Å². The van der Waals surface area contributed by atoms with Gasteiger partial charge in [-0.25, -0.2) is 9.59 Å². The fraction of sp³-hybridized carbons (Fsp3) is 0.565. The van der Waals surface area contributed by atoms with Gasteiger partial charge in [0.05, 0.1) is 5.56 Å². The zero-order chi connectivity index (χ0) is 41.7. The maximum Gasteiger partial charge on any atom is 0.460 e. The summed E-state index contributed by atoms with van der Waals surface area (Å²) in [5.74, 6) is -83.8. The molecule has 0 bridgehead atoms. The number of rotatable bonds is 14. The quantitative estimate of drug-likeness (QED) is 0.0675. The van der Waals surface area contributed by atoms with Crippen molar-refractivity contribution in [2.45, 2.75) is 73.3 Å². The number of nitrogens with one attached hydrogen (secondary N) is 1. The monoisotopic (exact) mass is 807 g/mol. The molecule has 0 unspecified atom stereocenters. The van der Waals surface area contributed by atoms with Crippen molar-refractivity contribution in [2.24, 2.45) is 9.98 Å². The van der Waals surface area contributed by atoms with Crippen molar-refractivity contribution in [3.63, 3.8) is 0 Å². The zero-order valence-corrected chi connectivity index (χ0v) is 24.2. The summed E-state index contributed by atoms with van der Waals surface area (Å²) in [6.45, 7) is -0.642. The Bertz CT molecular complexity index is 1680. The van der Waals surface area contributed by atoms with E-state index in [-0.39, 0.29) is 6.92 Å². The summed E-state index contributed by atoms with van der Waals surface area (Å²) in [7, 11) is 0. The van der Waals surface area contributed by atoms with Crippen LogP contribution in [0.2, 0.25) is 0 Å². The van der Waals surface area contributed by atoms with E-state index < -0.39 is 112 Å². The second kappa shape index (κ2) is 13.5. The number of carbonyl (C=O) groups is 2. The van der Waals surface area contributed by atoms with Crippen LogP contribution >= 0.6 is 0 Å². The number of amides is 1. The Morgan fingerprint density at radius 2 is 1.00 bits per heavy atom. The smallest absolute Gasteiger partial charge is 0.445 e. The molecular formula is C23H10F21N3O5. The van der Waals surface area contributed by atoms with Crippen LogP contribution in [-0.4, -0.2) is 84.3 Å². The van der Waals surface area contributed by atoms with Gasteiger partial charge in [-0.3, -0.25) is 9.59 Å². The predicted molar refractivity (Wildman–Crippen MR) is 120 cm³/mol. The summed E-state index contributed by atoms with van der Waals surface area (Å²) in [5, 5.41) is 1.26. The van der Waals surface area contributed by atoms with Gasteiger partial charge in [0.15, 0.2) is 6.73 Å². The molecule has 0 saturated heterocycles. The van der Waals surface area contributed by atoms with Crippen molar-refractivity contribution >= 4 is 35.4 Å². The van der Waals surface area contributed by atoms with Crippen LogP contribution in [0, 0.1) is 6.92 Å². The Morgan fingerprint density at radius 3 is 1.35 bits per heavy atom. The van der Waals surface area contributed by atoms with Crippen molar-refractivity contribution in [1.29, 1.82) is 0 Å². The van der Waals surface area contributed by atoms with Crippen LogP contribution < -0.4 is 5.32 Å². The van der Waals surface area contributed by atoms with Gasteiger partial charge in [0.25, 0.3) is 5.91 Å². The molecule has 1 aromatic carbocycles. The average molecular weight is 807 g/mol. The molecule has 0 spiro atoms. The molecule has 0 radical (unpaired) electrons. The van der Waals surface area contributed by atoms with Crippen LogP contribution in [0.4, 0.5) is 104 Å². The number of esters is 1. The van der Waals surface area contributed by atoms with Crippen molar-refractivity contribution in [3.8, 4) is 0 Å². The van der Waals surface area contributed by atoms with Crippen LogP contribution in [0.15, 0.2) is 16.1 Å². The second-order valence-corrected chi connectivity index (χ2v) is 9.65. The summed E-state index contributed by atoms with van der Waals surface area (Å²) >= 11 is 0.